The van der Waals surface area contributed by atoms with Crippen molar-refractivity contribution in [3.8, 4) is 0 Å². The van der Waals surface area contributed by atoms with E-state index in [2.05, 4.69) is 63.4 Å². The van der Waals surface area contributed by atoms with E-state index in [1.807, 2.05) is 0 Å². The SMILES string of the molecule is C=C(CCC)C1=C(/C=C\C)c2ccccc2C1=C. The van der Waals surface area contributed by atoms with Gasteiger partial charge in [-0.05, 0) is 46.8 Å². The zero-order valence-corrected chi connectivity index (χ0v) is 11.3. The molecular weight excluding hydrogens is 216 g/mol. The van der Waals surface area contributed by atoms with Crippen LogP contribution in [0.4, 0.5) is 0 Å². The Kier molecular flexibility index (Phi) is 3.66. The summed E-state index contributed by atoms with van der Waals surface area (Å²) in [5.74, 6) is 0. The molecule has 0 nitrogen and oxygen atoms in total. The van der Waals surface area contributed by atoms with Gasteiger partial charge in [0.15, 0.2) is 0 Å². The molecule has 1 aliphatic carbocycles. The van der Waals surface area contributed by atoms with Crippen molar-refractivity contribution in [2.45, 2.75) is 26.7 Å². The maximum Gasteiger partial charge on any atom is -0.00788 e. The maximum atomic E-state index is 4.26. The molecule has 0 fully saturated rings. The second-order valence-electron chi connectivity index (χ2n) is 4.67. The molecule has 18 heavy (non-hydrogen) atoms. The molecule has 0 N–H and O–H groups in total. The maximum absolute atomic E-state index is 4.26. The van der Waals surface area contributed by atoms with E-state index in [4.69, 9.17) is 0 Å². The minimum Gasteiger partial charge on any atom is -0.0952 e. The smallest absolute Gasteiger partial charge is 0.00788 e. The standard InChI is InChI=1S/C18H20/c1-5-9-13(3)18-14(4)15-11-7-8-12-16(15)17(18)10-6-2/h6-8,10-12H,3-5,9H2,1-2H3/b10-6-. The molecule has 0 bridgehead atoms. The summed E-state index contributed by atoms with van der Waals surface area (Å²) in [6, 6.07) is 8.47. The van der Waals surface area contributed by atoms with Crippen LogP contribution in [0.25, 0.3) is 11.1 Å². The predicted molar refractivity (Wildman–Crippen MR) is 81.3 cm³/mol. The third-order valence-electron chi connectivity index (χ3n) is 3.35. The van der Waals surface area contributed by atoms with Gasteiger partial charge in [-0.1, -0.05) is 62.9 Å². The molecule has 0 saturated carbocycles. The van der Waals surface area contributed by atoms with E-state index in [0.29, 0.717) is 0 Å². The van der Waals surface area contributed by atoms with Crippen molar-refractivity contribution in [3.05, 3.63) is 71.8 Å². The van der Waals surface area contributed by atoms with Crippen LogP contribution >= 0.6 is 0 Å². The normalized spacial score (nSPS) is 14.4. The molecule has 0 heteroatoms. The van der Waals surface area contributed by atoms with Crippen molar-refractivity contribution in [1.82, 2.24) is 0 Å². The van der Waals surface area contributed by atoms with E-state index in [-0.39, 0.29) is 0 Å². The Labute approximate surface area is 110 Å². The van der Waals surface area contributed by atoms with E-state index in [9.17, 15) is 0 Å². The molecule has 2 rings (SSSR count). The molecule has 1 aromatic rings. The summed E-state index contributed by atoms with van der Waals surface area (Å²) < 4.78 is 0. The Morgan fingerprint density at radius 2 is 1.89 bits per heavy atom. The van der Waals surface area contributed by atoms with Crippen molar-refractivity contribution in [1.29, 1.82) is 0 Å². The lowest BCUT2D eigenvalue weighted by molar-refractivity contribution is 0.924. The quantitative estimate of drug-likeness (QED) is 0.656. The molecule has 0 saturated heterocycles. The van der Waals surface area contributed by atoms with Gasteiger partial charge in [-0.2, -0.15) is 0 Å². The fourth-order valence-corrected chi connectivity index (χ4v) is 2.58. The molecule has 0 aliphatic heterocycles. The van der Waals surface area contributed by atoms with Gasteiger partial charge in [0.1, 0.15) is 0 Å². The number of fused-ring (bicyclic) bond motifs is 1. The first kappa shape index (κ1) is 12.6. The first-order valence-electron chi connectivity index (χ1n) is 6.54. The minimum absolute atomic E-state index is 1.03. The summed E-state index contributed by atoms with van der Waals surface area (Å²) in [7, 11) is 0. The second kappa shape index (κ2) is 5.22. The van der Waals surface area contributed by atoms with Crippen molar-refractivity contribution in [2.75, 3.05) is 0 Å². The Bertz CT molecular complexity index is 553. The fraction of sp³-hybridized carbons (Fsp3) is 0.222. The van der Waals surface area contributed by atoms with Gasteiger partial charge >= 0.3 is 0 Å². The first-order valence-corrected chi connectivity index (χ1v) is 6.54. The lowest BCUT2D eigenvalue weighted by Crippen LogP contribution is -1.88. The molecule has 1 aromatic carbocycles. The second-order valence-corrected chi connectivity index (χ2v) is 4.67. The summed E-state index contributed by atoms with van der Waals surface area (Å²) in [5, 5.41) is 0. The van der Waals surface area contributed by atoms with Gasteiger partial charge < -0.3 is 0 Å². The van der Waals surface area contributed by atoms with Crippen LogP contribution in [0, 0.1) is 0 Å². The van der Waals surface area contributed by atoms with Gasteiger partial charge in [0.05, 0.1) is 0 Å². The molecule has 0 spiro atoms. The summed E-state index contributed by atoms with van der Waals surface area (Å²) in [6.45, 7) is 12.7. The van der Waals surface area contributed by atoms with Crippen LogP contribution in [0.2, 0.25) is 0 Å². The van der Waals surface area contributed by atoms with Gasteiger partial charge in [0.2, 0.25) is 0 Å². The molecular formula is C18H20. The molecule has 0 heterocycles. The highest BCUT2D eigenvalue weighted by molar-refractivity contribution is 6.05. The topological polar surface area (TPSA) is 0 Å². The lowest BCUT2D eigenvalue weighted by Gasteiger charge is -2.09. The highest BCUT2D eigenvalue weighted by Crippen LogP contribution is 2.44. The van der Waals surface area contributed by atoms with Gasteiger partial charge in [-0.15, -0.1) is 0 Å². The lowest BCUT2D eigenvalue weighted by atomic mass is 9.95. The molecule has 0 radical (unpaired) electrons. The van der Waals surface area contributed by atoms with Crippen LogP contribution < -0.4 is 0 Å². The fourth-order valence-electron chi connectivity index (χ4n) is 2.58. The van der Waals surface area contributed by atoms with E-state index < -0.39 is 0 Å². The summed E-state index contributed by atoms with van der Waals surface area (Å²) in [6.07, 6.45) is 6.41. The largest absolute Gasteiger partial charge is 0.0952 e. The number of hydrogen-bond donors (Lipinski definition) is 0. The first-order chi connectivity index (χ1) is 8.70. The zero-order valence-electron chi connectivity index (χ0n) is 11.3. The molecule has 0 aromatic heterocycles. The predicted octanol–water partition coefficient (Wildman–Crippen LogP) is 5.40. The highest BCUT2D eigenvalue weighted by atomic mass is 14.3. The Morgan fingerprint density at radius 1 is 1.22 bits per heavy atom. The Balaban J connectivity index is 2.58. The van der Waals surface area contributed by atoms with E-state index in [1.54, 1.807) is 0 Å². The summed E-state index contributed by atoms with van der Waals surface area (Å²) in [5.41, 5.74) is 7.38. The average molecular weight is 236 g/mol. The van der Waals surface area contributed by atoms with Crippen molar-refractivity contribution < 1.29 is 0 Å². The van der Waals surface area contributed by atoms with Crippen molar-refractivity contribution in [3.63, 3.8) is 0 Å². The molecule has 1 aliphatic rings. The van der Waals surface area contributed by atoms with Crippen LogP contribution in [-0.4, -0.2) is 0 Å². The zero-order chi connectivity index (χ0) is 13.1. The van der Waals surface area contributed by atoms with Crippen molar-refractivity contribution >= 4 is 11.1 Å². The van der Waals surface area contributed by atoms with Gasteiger partial charge in [0, 0.05) is 0 Å². The number of rotatable bonds is 4. The van der Waals surface area contributed by atoms with Crippen LogP contribution in [-0.2, 0) is 0 Å². The third-order valence-corrected chi connectivity index (χ3v) is 3.35. The molecule has 0 atom stereocenters. The summed E-state index contributed by atoms with van der Waals surface area (Å²) in [4.78, 5) is 0. The Hall–Kier alpha value is -1.82. The third kappa shape index (κ3) is 1.99. The van der Waals surface area contributed by atoms with Gasteiger partial charge in [-0.3, -0.25) is 0 Å². The molecule has 0 unspecified atom stereocenters. The van der Waals surface area contributed by atoms with Crippen molar-refractivity contribution in [2.24, 2.45) is 0 Å². The van der Waals surface area contributed by atoms with Crippen LogP contribution in [0.1, 0.15) is 37.8 Å². The monoisotopic (exact) mass is 236 g/mol. The Morgan fingerprint density at radius 3 is 2.50 bits per heavy atom. The van der Waals surface area contributed by atoms with Crippen LogP contribution in [0.15, 0.2) is 60.7 Å². The number of benzene rings is 1. The highest BCUT2D eigenvalue weighted by Gasteiger charge is 2.24. The van der Waals surface area contributed by atoms with Crippen LogP contribution in [0.3, 0.4) is 0 Å². The number of hydrogen-bond acceptors (Lipinski definition) is 0. The molecule has 0 amide bonds. The van der Waals surface area contributed by atoms with Crippen LogP contribution in [0.5, 0.6) is 0 Å². The number of allylic oxidation sites excluding steroid dienone is 6. The van der Waals surface area contributed by atoms with E-state index in [0.717, 1.165) is 18.4 Å². The minimum atomic E-state index is 1.03. The summed E-state index contributed by atoms with van der Waals surface area (Å²) >= 11 is 0. The molecule has 92 valence electrons. The van der Waals surface area contributed by atoms with E-state index in [1.165, 1.54) is 27.8 Å². The van der Waals surface area contributed by atoms with Gasteiger partial charge in [0.25, 0.3) is 0 Å². The average Bonchev–Trinajstić information content (AvgIpc) is 2.65. The van der Waals surface area contributed by atoms with Gasteiger partial charge in [-0.25, -0.2) is 0 Å². The van der Waals surface area contributed by atoms with E-state index >= 15 is 0 Å².